The van der Waals surface area contributed by atoms with Gasteiger partial charge in [0.05, 0.1) is 5.39 Å². The van der Waals surface area contributed by atoms with Crippen LogP contribution in [-0.4, -0.2) is 53.7 Å². The average Bonchev–Trinajstić information content (AvgIpc) is 3.11. The number of amides is 3. The van der Waals surface area contributed by atoms with E-state index in [1.54, 1.807) is 0 Å². The Labute approximate surface area is 150 Å². The number of nitrogens with one attached hydrogen (secondary N) is 2. The van der Waals surface area contributed by atoms with Gasteiger partial charge in [-0.3, -0.25) is 19.9 Å². The molecule has 8 heteroatoms. The van der Waals surface area contributed by atoms with Crippen LogP contribution >= 0.6 is 0 Å². The van der Waals surface area contributed by atoms with E-state index in [0.717, 1.165) is 25.0 Å². The van der Waals surface area contributed by atoms with Gasteiger partial charge < -0.3 is 9.84 Å². The summed E-state index contributed by atoms with van der Waals surface area (Å²) >= 11 is 0. The second-order valence-electron chi connectivity index (χ2n) is 7.31. The minimum atomic E-state index is -0.443. The molecule has 8 nitrogen and oxygen atoms in total. The molecule has 2 atom stereocenters. The van der Waals surface area contributed by atoms with Crippen LogP contribution in [0.2, 0.25) is 0 Å². The van der Waals surface area contributed by atoms with Crippen LogP contribution in [0.25, 0.3) is 11.0 Å². The van der Waals surface area contributed by atoms with Gasteiger partial charge in [0, 0.05) is 44.7 Å². The van der Waals surface area contributed by atoms with E-state index in [1.165, 1.54) is 23.3 Å². The topological polar surface area (TPSA) is 90.7 Å². The number of carbonyl (C=O) groups excluding carboxylic acids is 2. The highest BCUT2D eigenvalue weighted by Crippen LogP contribution is 2.31. The monoisotopic (exact) mass is 355 g/mol. The van der Waals surface area contributed by atoms with Crippen LogP contribution in [0.15, 0.2) is 22.7 Å². The summed E-state index contributed by atoms with van der Waals surface area (Å²) in [6.07, 6.45) is 2.77. The van der Waals surface area contributed by atoms with Crippen LogP contribution in [0.5, 0.6) is 0 Å². The standard InChI is InChI=1S/C18H21N5O3/c24-16-5-6-22(18(25)20-16)17-14-7-11(1-4-15(14)26-21-17)10-23-12-2-3-13(23)9-19-8-12/h1,4,7,12-13,19H,2-3,5-6,8-10H2,(H,20,24,25)/t12-,13+. The maximum atomic E-state index is 12.1. The highest BCUT2D eigenvalue weighted by molar-refractivity contribution is 6.08. The number of hydrogen-bond acceptors (Lipinski definition) is 6. The van der Waals surface area contributed by atoms with Gasteiger partial charge >= 0.3 is 6.03 Å². The normalized spacial score (nSPS) is 26.5. The molecule has 2 N–H and O–H groups in total. The zero-order valence-electron chi connectivity index (χ0n) is 14.4. The lowest BCUT2D eigenvalue weighted by atomic mass is 10.1. The van der Waals surface area contributed by atoms with Gasteiger partial charge in [-0.2, -0.15) is 0 Å². The molecule has 0 unspecified atom stereocenters. The molecule has 3 saturated heterocycles. The quantitative estimate of drug-likeness (QED) is 0.860. The predicted molar refractivity (Wildman–Crippen MR) is 94.7 cm³/mol. The number of urea groups is 1. The summed E-state index contributed by atoms with van der Waals surface area (Å²) in [6, 6.07) is 6.81. The number of imide groups is 1. The molecule has 1 aromatic carbocycles. The summed E-state index contributed by atoms with van der Waals surface area (Å²) in [5.41, 5.74) is 1.84. The second-order valence-corrected chi connectivity index (χ2v) is 7.31. The third kappa shape index (κ3) is 2.57. The Morgan fingerprint density at radius 1 is 1.19 bits per heavy atom. The first-order chi connectivity index (χ1) is 12.7. The van der Waals surface area contributed by atoms with Gasteiger partial charge in [0.15, 0.2) is 11.4 Å². The zero-order valence-corrected chi connectivity index (χ0v) is 14.4. The van der Waals surface area contributed by atoms with Gasteiger partial charge in [-0.25, -0.2) is 4.79 Å². The molecule has 0 radical (unpaired) electrons. The maximum Gasteiger partial charge on any atom is 0.329 e. The first kappa shape index (κ1) is 15.8. The predicted octanol–water partition coefficient (Wildman–Crippen LogP) is 1.21. The molecule has 2 aromatic rings. The van der Waals surface area contributed by atoms with Gasteiger partial charge in [-0.15, -0.1) is 0 Å². The lowest BCUT2D eigenvalue weighted by Crippen LogP contribution is -2.51. The number of nitrogens with zero attached hydrogens (tertiary/aromatic N) is 3. The van der Waals surface area contributed by atoms with Crippen LogP contribution in [0.4, 0.5) is 10.6 Å². The highest BCUT2D eigenvalue weighted by atomic mass is 16.5. The first-order valence-electron chi connectivity index (χ1n) is 9.15. The van der Waals surface area contributed by atoms with Crippen molar-refractivity contribution in [2.24, 2.45) is 0 Å². The van der Waals surface area contributed by atoms with Crippen molar-refractivity contribution >= 4 is 28.7 Å². The highest BCUT2D eigenvalue weighted by Gasteiger charge is 2.36. The molecule has 3 amide bonds. The number of aromatic nitrogens is 1. The summed E-state index contributed by atoms with van der Waals surface area (Å²) in [4.78, 5) is 27.6. The van der Waals surface area contributed by atoms with E-state index in [2.05, 4.69) is 32.8 Å². The fraction of sp³-hybridized carbons (Fsp3) is 0.500. The molecule has 3 aliphatic rings. The van der Waals surface area contributed by atoms with Crippen molar-refractivity contribution in [2.45, 2.75) is 37.9 Å². The van der Waals surface area contributed by atoms with E-state index in [0.29, 0.717) is 30.0 Å². The summed E-state index contributed by atoms with van der Waals surface area (Å²) in [5.74, 6) is 0.226. The molecule has 4 heterocycles. The number of carbonyl (C=O) groups is 2. The number of benzene rings is 1. The Morgan fingerprint density at radius 3 is 2.77 bits per heavy atom. The maximum absolute atomic E-state index is 12.1. The Morgan fingerprint density at radius 2 is 2.00 bits per heavy atom. The SMILES string of the molecule is O=C1CCN(c2noc3ccc(CN4[C@@H]5CC[C@H]4CNC5)cc23)C(=O)N1. The molecular formula is C18H21N5O3. The lowest BCUT2D eigenvalue weighted by molar-refractivity contribution is -0.120. The Hall–Kier alpha value is -2.45. The van der Waals surface area contributed by atoms with Crippen LogP contribution in [-0.2, 0) is 11.3 Å². The van der Waals surface area contributed by atoms with E-state index in [4.69, 9.17) is 4.52 Å². The Bertz CT molecular complexity index is 863. The van der Waals surface area contributed by atoms with E-state index in [-0.39, 0.29) is 12.3 Å². The lowest BCUT2D eigenvalue weighted by Gasteiger charge is -2.35. The van der Waals surface area contributed by atoms with Crippen molar-refractivity contribution in [3.63, 3.8) is 0 Å². The summed E-state index contributed by atoms with van der Waals surface area (Å²) in [7, 11) is 0. The number of piperazine rings is 1. The van der Waals surface area contributed by atoms with Crippen LogP contribution in [0.3, 0.4) is 0 Å². The average molecular weight is 355 g/mol. The molecule has 5 rings (SSSR count). The molecule has 0 aliphatic carbocycles. The number of anilines is 1. The smallest absolute Gasteiger partial charge is 0.329 e. The molecule has 0 spiro atoms. The van der Waals surface area contributed by atoms with Gasteiger partial charge in [-0.05, 0) is 30.5 Å². The molecule has 26 heavy (non-hydrogen) atoms. The first-order valence-corrected chi connectivity index (χ1v) is 9.15. The Balaban J connectivity index is 1.44. The van der Waals surface area contributed by atoms with E-state index < -0.39 is 6.03 Å². The van der Waals surface area contributed by atoms with E-state index in [9.17, 15) is 9.59 Å². The van der Waals surface area contributed by atoms with Crippen molar-refractivity contribution < 1.29 is 14.1 Å². The van der Waals surface area contributed by atoms with Gasteiger partial charge in [0.25, 0.3) is 0 Å². The summed E-state index contributed by atoms with van der Waals surface area (Å²) in [5, 5.41) is 10.7. The largest absolute Gasteiger partial charge is 0.354 e. The molecular weight excluding hydrogens is 334 g/mol. The minimum Gasteiger partial charge on any atom is -0.354 e. The van der Waals surface area contributed by atoms with Crippen LogP contribution < -0.4 is 15.5 Å². The second kappa shape index (κ2) is 6.07. The van der Waals surface area contributed by atoms with Crippen molar-refractivity contribution in [3.8, 4) is 0 Å². The third-order valence-electron chi connectivity index (χ3n) is 5.72. The fourth-order valence-electron chi connectivity index (χ4n) is 4.37. The number of rotatable bonds is 3. The van der Waals surface area contributed by atoms with Gasteiger partial charge in [0.2, 0.25) is 5.91 Å². The zero-order chi connectivity index (χ0) is 17.7. The molecule has 2 bridgehead atoms. The molecule has 3 fully saturated rings. The summed E-state index contributed by atoms with van der Waals surface area (Å²) in [6.45, 7) is 3.32. The Kier molecular flexibility index (Phi) is 3.68. The summed E-state index contributed by atoms with van der Waals surface area (Å²) < 4.78 is 5.40. The molecule has 1 aromatic heterocycles. The minimum absolute atomic E-state index is 0.256. The third-order valence-corrected chi connectivity index (χ3v) is 5.72. The molecule has 3 aliphatic heterocycles. The molecule has 136 valence electrons. The van der Waals surface area contributed by atoms with Crippen molar-refractivity contribution in [2.75, 3.05) is 24.5 Å². The van der Waals surface area contributed by atoms with Crippen molar-refractivity contribution in [1.82, 2.24) is 20.7 Å². The van der Waals surface area contributed by atoms with E-state index >= 15 is 0 Å². The van der Waals surface area contributed by atoms with Crippen molar-refractivity contribution in [3.05, 3.63) is 23.8 Å². The van der Waals surface area contributed by atoms with Gasteiger partial charge in [0.1, 0.15) is 0 Å². The van der Waals surface area contributed by atoms with Crippen LogP contribution in [0.1, 0.15) is 24.8 Å². The number of hydrogen-bond donors (Lipinski definition) is 2. The molecule has 0 saturated carbocycles. The van der Waals surface area contributed by atoms with Crippen LogP contribution in [0, 0.1) is 0 Å². The number of fused-ring (bicyclic) bond motifs is 3. The van der Waals surface area contributed by atoms with Gasteiger partial charge in [-0.1, -0.05) is 11.2 Å². The van der Waals surface area contributed by atoms with Crippen molar-refractivity contribution in [1.29, 1.82) is 0 Å². The van der Waals surface area contributed by atoms with E-state index in [1.807, 2.05) is 6.07 Å². The fourth-order valence-corrected chi connectivity index (χ4v) is 4.37.